The Balaban J connectivity index is 2.41. The monoisotopic (exact) mass is 327 g/mol. The number of hydrogen-bond acceptors (Lipinski definition) is 4. The molecular weight excluding hydrogens is 310 g/mol. The van der Waals surface area contributed by atoms with Crippen molar-refractivity contribution < 1.29 is 27.0 Å². The molecule has 0 atom stereocenters. The lowest BCUT2D eigenvalue weighted by Crippen LogP contribution is -2.18. The van der Waals surface area contributed by atoms with Crippen LogP contribution in [-0.4, -0.2) is 38.1 Å². The van der Waals surface area contributed by atoms with E-state index in [2.05, 4.69) is 5.32 Å². The summed E-state index contributed by atoms with van der Waals surface area (Å²) >= 11 is -0.164. The number of hydrogen-bond donors (Lipinski definition) is 1. The third-order valence-electron chi connectivity index (χ3n) is 2.36. The number of rotatable bonds is 9. The number of halogens is 4. The maximum absolute atomic E-state index is 13.4. The van der Waals surface area contributed by atoms with Gasteiger partial charge < -0.3 is 14.8 Å². The van der Waals surface area contributed by atoms with Gasteiger partial charge in [-0.15, -0.1) is 0 Å². The van der Waals surface area contributed by atoms with E-state index in [0.717, 1.165) is 6.07 Å². The molecule has 0 aliphatic heterocycles. The molecule has 1 rings (SSSR count). The van der Waals surface area contributed by atoms with E-state index in [9.17, 15) is 17.6 Å². The molecule has 21 heavy (non-hydrogen) atoms. The van der Waals surface area contributed by atoms with Crippen molar-refractivity contribution in [2.24, 2.45) is 0 Å². The highest BCUT2D eigenvalue weighted by Crippen LogP contribution is 2.29. The van der Waals surface area contributed by atoms with Crippen LogP contribution < -0.4 is 10.1 Å². The summed E-state index contributed by atoms with van der Waals surface area (Å²) < 4.78 is 59.2. The van der Waals surface area contributed by atoms with Gasteiger partial charge in [0.05, 0.1) is 13.2 Å². The van der Waals surface area contributed by atoms with E-state index in [1.165, 1.54) is 6.07 Å². The van der Waals surface area contributed by atoms with E-state index in [4.69, 9.17) is 9.47 Å². The fourth-order valence-corrected chi connectivity index (χ4v) is 1.93. The Labute approximate surface area is 125 Å². The molecule has 1 aromatic carbocycles. The van der Waals surface area contributed by atoms with Crippen LogP contribution in [0.1, 0.15) is 5.56 Å². The molecule has 1 N–H and O–H groups in total. The van der Waals surface area contributed by atoms with Gasteiger partial charge in [0.25, 0.3) is 0 Å². The van der Waals surface area contributed by atoms with Crippen LogP contribution in [0.15, 0.2) is 18.2 Å². The highest BCUT2D eigenvalue weighted by molar-refractivity contribution is 8.00. The molecule has 120 valence electrons. The van der Waals surface area contributed by atoms with Gasteiger partial charge in [0.1, 0.15) is 11.6 Å². The third kappa shape index (κ3) is 8.79. The number of thioether (sulfide) groups is 1. The molecule has 0 aliphatic carbocycles. The summed E-state index contributed by atoms with van der Waals surface area (Å²) in [4.78, 5) is 0. The summed E-state index contributed by atoms with van der Waals surface area (Å²) in [6.07, 6.45) is 0. The topological polar surface area (TPSA) is 30.5 Å². The molecule has 3 nitrogen and oxygen atoms in total. The standard InChI is InChI=1S/C13H17F4NO2S/c1-19-3-2-18-9-10-6-11(14)8-12(7-10)20-4-5-21-13(15,16)17/h6-8,18H,2-5,9H2,1H3. The van der Waals surface area contributed by atoms with Gasteiger partial charge >= 0.3 is 5.51 Å². The van der Waals surface area contributed by atoms with Crippen molar-refractivity contribution in [3.63, 3.8) is 0 Å². The normalized spacial score (nSPS) is 11.7. The second-order valence-corrected chi connectivity index (χ2v) is 5.27. The summed E-state index contributed by atoms with van der Waals surface area (Å²) in [5.41, 5.74) is -3.62. The van der Waals surface area contributed by atoms with Crippen molar-refractivity contribution in [1.29, 1.82) is 0 Å². The first-order valence-electron chi connectivity index (χ1n) is 6.23. The molecule has 0 heterocycles. The number of nitrogens with one attached hydrogen (secondary N) is 1. The largest absolute Gasteiger partial charge is 0.493 e. The molecule has 0 aromatic heterocycles. The minimum Gasteiger partial charge on any atom is -0.493 e. The minimum atomic E-state index is -4.28. The highest BCUT2D eigenvalue weighted by Gasteiger charge is 2.27. The Hall–Kier alpha value is -0.990. The van der Waals surface area contributed by atoms with Crippen molar-refractivity contribution >= 4 is 11.8 Å². The number of ether oxygens (including phenoxy) is 2. The molecule has 0 unspecified atom stereocenters. The lowest BCUT2D eigenvalue weighted by molar-refractivity contribution is -0.0329. The van der Waals surface area contributed by atoms with E-state index in [0.29, 0.717) is 25.3 Å². The first-order chi connectivity index (χ1) is 9.90. The van der Waals surface area contributed by atoms with Crippen LogP contribution in [-0.2, 0) is 11.3 Å². The molecule has 0 saturated heterocycles. The van der Waals surface area contributed by atoms with Crippen LogP contribution >= 0.6 is 11.8 Å². The van der Waals surface area contributed by atoms with Gasteiger partial charge in [-0.2, -0.15) is 13.2 Å². The van der Waals surface area contributed by atoms with Gasteiger partial charge in [0.2, 0.25) is 0 Å². The average Bonchev–Trinajstić information content (AvgIpc) is 2.38. The molecule has 0 fully saturated rings. The minimum absolute atomic E-state index is 0.135. The summed E-state index contributed by atoms with van der Waals surface area (Å²) in [6.45, 7) is 1.44. The summed E-state index contributed by atoms with van der Waals surface area (Å²) in [5, 5.41) is 3.04. The zero-order valence-corrected chi connectivity index (χ0v) is 12.3. The van der Waals surface area contributed by atoms with Crippen LogP contribution in [0.3, 0.4) is 0 Å². The predicted octanol–water partition coefficient (Wildman–Crippen LogP) is 3.19. The first-order valence-corrected chi connectivity index (χ1v) is 7.22. The van der Waals surface area contributed by atoms with Crippen LogP contribution in [0.25, 0.3) is 0 Å². The lowest BCUT2D eigenvalue weighted by Gasteiger charge is -2.10. The Morgan fingerprint density at radius 3 is 2.62 bits per heavy atom. The zero-order valence-electron chi connectivity index (χ0n) is 11.5. The Morgan fingerprint density at radius 2 is 1.95 bits per heavy atom. The van der Waals surface area contributed by atoms with E-state index in [1.807, 2.05) is 0 Å². The number of benzene rings is 1. The summed E-state index contributed by atoms with van der Waals surface area (Å²) in [5.74, 6) is -0.498. The lowest BCUT2D eigenvalue weighted by atomic mass is 10.2. The van der Waals surface area contributed by atoms with Gasteiger partial charge in [0, 0.05) is 32.0 Å². The smallest absolute Gasteiger partial charge is 0.441 e. The number of alkyl halides is 3. The molecule has 1 aromatic rings. The predicted molar refractivity (Wildman–Crippen MR) is 74.0 cm³/mol. The van der Waals surface area contributed by atoms with E-state index >= 15 is 0 Å². The molecule has 0 aliphatic rings. The molecular formula is C13H17F4NO2S. The molecule has 0 radical (unpaired) electrons. The zero-order chi connectivity index (χ0) is 15.7. The van der Waals surface area contributed by atoms with Gasteiger partial charge in [-0.05, 0) is 29.5 Å². The second kappa shape index (κ2) is 9.11. The molecule has 8 heteroatoms. The van der Waals surface area contributed by atoms with Crippen molar-refractivity contribution in [1.82, 2.24) is 5.32 Å². The molecule has 0 spiro atoms. The maximum Gasteiger partial charge on any atom is 0.441 e. The molecule has 0 amide bonds. The fourth-order valence-electron chi connectivity index (χ4n) is 1.53. The van der Waals surface area contributed by atoms with Crippen molar-refractivity contribution in [3.05, 3.63) is 29.6 Å². The first kappa shape index (κ1) is 18.1. The van der Waals surface area contributed by atoms with Crippen LogP contribution in [0.5, 0.6) is 5.75 Å². The maximum atomic E-state index is 13.4. The van der Waals surface area contributed by atoms with E-state index in [1.54, 1.807) is 13.2 Å². The van der Waals surface area contributed by atoms with Gasteiger partial charge in [-0.1, -0.05) is 0 Å². The summed E-state index contributed by atoms with van der Waals surface area (Å²) in [6, 6.07) is 4.09. The van der Waals surface area contributed by atoms with E-state index < -0.39 is 11.3 Å². The van der Waals surface area contributed by atoms with Crippen molar-refractivity contribution in [3.8, 4) is 5.75 Å². The van der Waals surface area contributed by atoms with Crippen LogP contribution in [0.2, 0.25) is 0 Å². The summed E-state index contributed by atoms with van der Waals surface area (Å²) in [7, 11) is 1.58. The van der Waals surface area contributed by atoms with Crippen LogP contribution in [0, 0.1) is 5.82 Å². The molecule has 0 bridgehead atoms. The number of methoxy groups -OCH3 is 1. The Morgan fingerprint density at radius 1 is 1.19 bits per heavy atom. The Kier molecular flexibility index (Phi) is 7.84. The SMILES string of the molecule is COCCNCc1cc(F)cc(OCCSC(F)(F)F)c1. The van der Waals surface area contributed by atoms with Crippen LogP contribution in [0.4, 0.5) is 17.6 Å². The average molecular weight is 327 g/mol. The molecule has 0 saturated carbocycles. The van der Waals surface area contributed by atoms with Crippen molar-refractivity contribution in [2.45, 2.75) is 12.1 Å². The second-order valence-electron chi connectivity index (χ2n) is 4.11. The fraction of sp³-hybridized carbons (Fsp3) is 0.538. The van der Waals surface area contributed by atoms with E-state index in [-0.39, 0.29) is 29.9 Å². The Bertz CT molecular complexity index is 429. The van der Waals surface area contributed by atoms with Gasteiger partial charge in [0.15, 0.2) is 0 Å². The third-order valence-corrected chi connectivity index (χ3v) is 3.06. The van der Waals surface area contributed by atoms with Gasteiger partial charge in [-0.25, -0.2) is 4.39 Å². The van der Waals surface area contributed by atoms with Gasteiger partial charge in [-0.3, -0.25) is 0 Å². The quantitative estimate of drug-likeness (QED) is 0.557. The highest BCUT2D eigenvalue weighted by atomic mass is 32.2. The van der Waals surface area contributed by atoms with Crippen molar-refractivity contribution in [2.75, 3.05) is 32.6 Å².